The first kappa shape index (κ1) is 24.3. The lowest BCUT2D eigenvalue weighted by Gasteiger charge is -2.26. The van der Waals surface area contributed by atoms with Crippen LogP contribution in [0.3, 0.4) is 0 Å². The topological polar surface area (TPSA) is 52.8 Å². The lowest BCUT2D eigenvalue weighted by Crippen LogP contribution is -2.24. The molecule has 0 fully saturated rings. The summed E-state index contributed by atoms with van der Waals surface area (Å²) in [7, 11) is 0. The first-order chi connectivity index (χ1) is 16.0. The largest absolute Gasteiger partial charge is 0.493 e. The molecule has 33 heavy (non-hydrogen) atoms. The molecule has 0 saturated heterocycles. The van der Waals surface area contributed by atoms with Gasteiger partial charge in [0.25, 0.3) is 0 Å². The van der Waals surface area contributed by atoms with Crippen molar-refractivity contribution in [1.29, 1.82) is 0 Å². The third-order valence-electron chi connectivity index (χ3n) is 6.20. The fourth-order valence-electron chi connectivity index (χ4n) is 4.39. The minimum absolute atomic E-state index is 0.169. The van der Waals surface area contributed by atoms with Crippen LogP contribution in [0.2, 0.25) is 0 Å². The van der Waals surface area contributed by atoms with Crippen LogP contribution < -0.4 is 0 Å². The summed E-state index contributed by atoms with van der Waals surface area (Å²) in [5.41, 5.74) is 4.11. The molecule has 1 N–H and O–H groups in total. The van der Waals surface area contributed by atoms with Gasteiger partial charge >= 0.3 is 5.97 Å². The number of fused-ring (bicyclic) bond motifs is 1. The zero-order valence-electron chi connectivity index (χ0n) is 20.1. The molecule has 2 aliphatic rings. The summed E-state index contributed by atoms with van der Waals surface area (Å²) in [5, 5.41) is 9.84. The van der Waals surface area contributed by atoms with Gasteiger partial charge in [-0.2, -0.15) is 0 Å². The molecule has 0 aromatic heterocycles. The number of ether oxygens (including phenoxy) is 1. The average Bonchev–Trinajstić information content (AvgIpc) is 2.83. The van der Waals surface area contributed by atoms with E-state index < -0.39 is 5.97 Å². The second-order valence-electron chi connectivity index (χ2n) is 7.92. The number of benzene rings is 1. The van der Waals surface area contributed by atoms with Gasteiger partial charge in [0.2, 0.25) is 5.71 Å². The van der Waals surface area contributed by atoms with Crippen LogP contribution in [-0.4, -0.2) is 59.0 Å². The van der Waals surface area contributed by atoms with Gasteiger partial charge in [-0.3, -0.25) is 0 Å². The Morgan fingerprint density at radius 3 is 2.52 bits per heavy atom. The van der Waals surface area contributed by atoms with E-state index in [2.05, 4.69) is 67.6 Å². The Bertz CT molecular complexity index is 1050. The van der Waals surface area contributed by atoms with E-state index in [4.69, 9.17) is 4.74 Å². The van der Waals surface area contributed by atoms with Crippen molar-refractivity contribution in [3.05, 3.63) is 89.4 Å². The van der Waals surface area contributed by atoms with Gasteiger partial charge in [-0.25, -0.2) is 9.37 Å². The van der Waals surface area contributed by atoms with Gasteiger partial charge in [0, 0.05) is 30.9 Å². The molecule has 0 amide bonds. The molecule has 1 unspecified atom stereocenters. The standard InChI is InChI=1S/C28H34N2O3/c1-5-29(6-2)21-12-11-15-23(24-13-9-10-14-26(24)28(31)32)25-17-16-22(30(7-3)8-4)20-27(25)33-19-18-21/h9-18,20,25H,5-8,19H2,1-4H3/p+1/b12-11?,21-18?,23-15+. The van der Waals surface area contributed by atoms with Crippen molar-refractivity contribution in [2.24, 2.45) is 5.92 Å². The number of carboxylic acid groups (broad SMARTS) is 1. The fraction of sp³-hybridized carbons (Fsp3) is 0.357. The average molecular weight is 448 g/mol. The summed E-state index contributed by atoms with van der Waals surface area (Å²) in [6, 6.07) is 7.19. The van der Waals surface area contributed by atoms with Crippen LogP contribution in [-0.2, 0) is 4.74 Å². The van der Waals surface area contributed by atoms with Gasteiger partial charge in [0.05, 0.1) is 11.5 Å². The first-order valence-corrected chi connectivity index (χ1v) is 11.8. The summed E-state index contributed by atoms with van der Waals surface area (Å²) in [6.45, 7) is 12.6. The second kappa shape index (κ2) is 11.5. The molecule has 0 saturated carbocycles. The third kappa shape index (κ3) is 5.54. The van der Waals surface area contributed by atoms with Gasteiger partial charge < -0.3 is 14.7 Å². The van der Waals surface area contributed by atoms with Gasteiger partial charge in [0.1, 0.15) is 25.5 Å². The monoisotopic (exact) mass is 447 g/mol. The normalized spacial score (nSPS) is 19.5. The number of carbonyl (C=O) groups is 1. The van der Waals surface area contributed by atoms with Crippen LogP contribution in [0, 0.1) is 5.92 Å². The van der Waals surface area contributed by atoms with Gasteiger partial charge in [-0.1, -0.05) is 36.4 Å². The van der Waals surface area contributed by atoms with Crippen molar-refractivity contribution in [2.75, 3.05) is 32.8 Å². The molecule has 1 aromatic carbocycles. The molecule has 1 aliphatic heterocycles. The van der Waals surface area contributed by atoms with Crippen molar-refractivity contribution in [3.63, 3.8) is 0 Å². The summed E-state index contributed by atoms with van der Waals surface area (Å²) in [5.74, 6) is -0.271. The lowest BCUT2D eigenvalue weighted by molar-refractivity contribution is -0.519. The molecule has 1 aliphatic carbocycles. The summed E-state index contributed by atoms with van der Waals surface area (Å²) < 4.78 is 8.64. The van der Waals surface area contributed by atoms with E-state index in [1.807, 2.05) is 24.3 Å². The highest BCUT2D eigenvalue weighted by Gasteiger charge is 2.27. The van der Waals surface area contributed by atoms with E-state index in [9.17, 15) is 9.90 Å². The second-order valence-corrected chi connectivity index (χ2v) is 7.92. The van der Waals surface area contributed by atoms with Crippen molar-refractivity contribution in [2.45, 2.75) is 27.7 Å². The Morgan fingerprint density at radius 2 is 1.85 bits per heavy atom. The molecule has 5 nitrogen and oxygen atoms in total. The number of likely N-dealkylation sites (N-methyl/N-ethyl adjacent to an activating group) is 1. The summed E-state index contributed by atoms with van der Waals surface area (Å²) in [6.07, 6.45) is 14.6. The molecule has 0 bridgehead atoms. The highest BCUT2D eigenvalue weighted by Crippen LogP contribution is 2.35. The van der Waals surface area contributed by atoms with E-state index in [1.54, 1.807) is 12.1 Å². The number of hydrogen-bond acceptors (Lipinski definition) is 3. The lowest BCUT2D eigenvalue weighted by atomic mass is 9.84. The molecular weight excluding hydrogens is 412 g/mol. The number of allylic oxidation sites excluding steroid dienone is 6. The van der Waals surface area contributed by atoms with Crippen LogP contribution in [0.25, 0.3) is 5.57 Å². The Kier molecular flexibility index (Phi) is 8.47. The van der Waals surface area contributed by atoms with Gasteiger partial charge in [-0.15, -0.1) is 0 Å². The summed E-state index contributed by atoms with van der Waals surface area (Å²) >= 11 is 0. The highest BCUT2D eigenvalue weighted by molar-refractivity contribution is 6.03. The smallest absolute Gasteiger partial charge is 0.336 e. The molecule has 5 heteroatoms. The predicted octanol–water partition coefficient (Wildman–Crippen LogP) is 5.14. The molecule has 3 rings (SSSR count). The third-order valence-corrected chi connectivity index (χ3v) is 6.20. The zero-order valence-corrected chi connectivity index (χ0v) is 20.1. The SMILES string of the molecule is CCN(CC)C1=CCOC2=CC(=[N+](CC)CC)C=CC2/C(c2ccccc2C(=O)O)=C/C=C1. The van der Waals surface area contributed by atoms with Crippen LogP contribution in [0.4, 0.5) is 0 Å². The molecule has 0 radical (unpaired) electrons. The van der Waals surface area contributed by atoms with Crippen molar-refractivity contribution < 1.29 is 19.2 Å². The highest BCUT2D eigenvalue weighted by atomic mass is 16.5. The molecule has 0 spiro atoms. The van der Waals surface area contributed by atoms with Crippen LogP contribution in [0.1, 0.15) is 43.6 Å². The van der Waals surface area contributed by atoms with Crippen molar-refractivity contribution in [1.82, 2.24) is 4.90 Å². The van der Waals surface area contributed by atoms with Gasteiger partial charge in [0.15, 0.2) is 0 Å². The van der Waals surface area contributed by atoms with E-state index in [0.717, 1.165) is 48.9 Å². The number of rotatable bonds is 7. The zero-order chi connectivity index (χ0) is 23.8. The Morgan fingerprint density at radius 1 is 1.12 bits per heavy atom. The Labute approximate surface area is 197 Å². The van der Waals surface area contributed by atoms with Crippen molar-refractivity contribution in [3.8, 4) is 0 Å². The fourth-order valence-corrected chi connectivity index (χ4v) is 4.39. The van der Waals surface area contributed by atoms with E-state index in [-0.39, 0.29) is 5.92 Å². The maximum atomic E-state index is 12.0. The maximum absolute atomic E-state index is 12.0. The van der Waals surface area contributed by atoms with Crippen LogP contribution in [0.5, 0.6) is 0 Å². The predicted molar refractivity (Wildman–Crippen MR) is 135 cm³/mol. The number of nitrogens with zero attached hydrogens (tertiary/aromatic N) is 2. The first-order valence-electron chi connectivity index (χ1n) is 11.8. The van der Waals surface area contributed by atoms with Crippen LogP contribution >= 0.6 is 0 Å². The molecule has 1 heterocycles. The minimum atomic E-state index is -0.932. The Hall–Kier alpha value is -3.34. The molecule has 1 atom stereocenters. The minimum Gasteiger partial charge on any atom is -0.493 e. The van der Waals surface area contributed by atoms with Crippen molar-refractivity contribution >= 4 is 17.3 Å². The van der Waals surface area contributed by atoms with E-state index >= 15 is 0 Å². The quantitative estimate of drug-likeness (QED) is 0.588. The number of aromatic carboxylic acids is 1. The molecule has 174 valence electrons. The van der Waals surface area contributed by atoms with E-state index in [1.165, 1.54) is 0 Å². The summed E-state index contributed by atoms with van der Waals surface area (Å²) in [4.78, 5) is 14.3. The maximum Gasteiger partial charge on any atom is 0.336 e. The van der Waals surface area contributed by atoms with E-state index in [0.29, 0.717) is 17.7 Å². The molecular formula is C28H35N2O3+. The van der Waals surface area contributed by atoms with Crippen LogP contribution in [0.15, 0.2) is 78.3 Å². The molecule has 1 aromatic rings. The number of carboxylic acids is 1. The number of hydrogen-bond donors (Lipinski definition) is 1. The van der Waals surface area contributed by atoms with Gasteiger partial charge in [-0.05, 0) is 57.0 Å². The Balaban J connectivity index is 2.18.